The van der Waals surface area contributed by atoms with Gasteiger partial charge in [-0.1, -0.05) is 70.4 Å². The zero-order chi connectivity index (χ0) is 23.0. The van der Waals surface area contributed by atoms with Crippen LogP contribution in [-0.2, 0) is 28.4 Å². The lowest BCUT2D eigenvalue weighted by atomic mass is 10.0. The van der Waals surface area contributed by atoms with Crippen LogP contribution in [0.2, 0.25) is 0 Å². The molecule has 0 saturated carbocycles. The predicted octanol–water partition coefficient (Wildman–Crippen LogP) is 4.81. The van der Waals surface area contributed by atoms with Gasteiger partial charge in [-0.3, -0.25) is 0 Å². The van der Waals surface area contributed by atoms with E-state index in [1.807, 2.05) is 6.08 Å². The number of unbranched alkanes of at least 4 members (excludes halogenated alkanes) is 7. The fourth-order valence-electron chi connectivity index (χ4n) is 3.32. The average molecular weight is 449 g/mol. The summed E-state index contributed by atoms with van der Waals surface area (Å²) in [5, 5.41) is 8.86. The molecule has 0 aliphatic heterocycles. The largest absolute Gasteiger partial charge is 0.396 e. The maximum atomic E-state index is 8.86. The van der Waals surface area contributed by atoms with E-state index >= 15 is 0 Å². The molecule has 0 rings (SSSR count). The molecule has 0 saturated heterocycles. The Labute approximate surface area is 190 Å². The number of methoxy groups -OCH3 is 3. The standard InChI is InChI=1S/C24H48O7/c1-5-6-11-15-23(30-20-27-3)24(31-21-28-4)17-16-22(29-19-26-2)14-12-9-7-8-10-13-18-25/h16-17,22-25H,5-15,18-21H2,1-4H3/t22-,23-,24+/m0/s1. The molecule has 0 fully saturated rings. The molecule has 31 heavy (non-hydrogen) atoms. The van der Waals surface area contributed by atoms with Crippen LogP contribution < -0.4 is 0 Å². The number of rotatable bonds is 24. The maximum Gasteiger partial charge on any atom is 0.147 e. The van der Waals surface area contributed by atoms with E-state index < -0.39 is 0 Å². The molecule has 186 valence electrons. The molecule has 0 unspecified atom stereocenters. The zero-order valence-corrected chi connectivity index (χ0v) is 20.4. The first-order valence-electron chi connectivity index (χ1n) is 11.8. The van der Waals surface area contributed by atoms with E-state index in [0.29, 0.717) is 0 Å². The fourth-order valence-corrected chi connectivity index (χ4v) is 3.32. The van der Waals surface area contributed by atoms with Crippen molar-refractivity contribution < 1.29 is 33.5 Å². The lowest BCUT2D eigenvalue weighted by molar-refractivity contribution is -0.145. The molecule has 0 amide bonds. The first kappa shape index (κ1) is 30.5. The van der Waals surface area contributed by atoms with E-state index in [4.69, 9.17) is 33.5 Å². The number of hydrogen-bond acceptors (Lipinski definition) is 7. The maximum absolute atomic E-state index is 8.86. The zero-order valence-electron chi connectivity index (χ0n) is 20.4. The molecule has 7 nitrogen and oxygen atoms in total. The van der Waals surface area contributed by atoms with Crippen LogP contribution in [0.5, 0.6) is 0 Å². The Morgan fingerprint density at radius 1 is 0.645 bits per heavy atom. The summed E-state index contributed by atoms with van der Waals surface area (Å²) < 4.78 is 33.1. The van der Waals surface area contributed by atoms with Crippen LogP contribution in [0.4, 0.5) is 0 Å². The SMILES string of the molecule is CCCCC[C@H](OCOC)[C@@H](C=C[C@H](CCCCCCCCO)OCOC)OCOC. The van der Waals surface area contributed by atoms with E-state index in [1.165, 1.54) is 12.8 Å². The topological polar surface area (TPSA) is 75.6 Å². The molecule has 7 heteroatoms. The molecule has 0 heterocycles. The number of aliphatic hydroxyl groups is 1. The summed E-state index contributed by atoms with van der Waals surface area (Å²) >= 11 is 0. The fraction of sp³-hybridized carbons (Fsp3) is 0.917. The van der Waals surface area contributed by atoms with E-state index in [9.17, 15) is 0 Å². The predicted molar refractivity (Wildman–Crippen MR) is 123 cm³/mol. The van der Waals surface area contributed by atoms with Crippen LogP contribution in [-0.4, -0.2) is 71.7 Å². The molecule has 0 radical (unpaired) electrons. The molecule has 0 aromatic carbocycles. The summed E-state index contributed by atoms with van der Waals surface area (Å²) in [6.07, 6.45) is 15.5. The smallest absolute Gasteiger partial charge is 0.147 e. The second kappa shape index (κ2) is 24.1. The second-order valence-electron chi connectivity index (χ2n) is 7.78. The van der Waals surface area contributed by atoms with Crippen molar-refractivity contribution in [3.63, 3.8) is 0 Å². The molecule has 0 aromatic rings. The molecule has 1 N–H and O–H groups in total. The summed E-state index contributed by atoms with van der Waals surface area (Å²) in [6, 6.07) is 0. The first-order valence-corrected chi connectivity index (χ1v) is 11.8. The van der Waals surface area contributed by atoms with Crippen LogP contribution >= 0.6 is 0 Å². The third-order valence-corrected chi connectivity index (χ3v) is 5.05. The van der Waals surface area contributed by atoms with Gasteiger partial charge in [-0.05, 0) is 19.3 Å². The molecule has 0 aromatic heterocycles. The normalized spacial score (nSPS) is 14.9. The lowest BCUT2D eigenvalue weighted by Gasteiger charge is -2.25. The van der Waals surface area contributed by atoms with Gasteiger partial charge in [0.15, 0.2) is 0 Å². The summed E-state index contributed by atoms with van der Waals surface area (Å²) in [7, 11) is 4.88. The van der Waals surface area contributed by atoms with E-state index in [-0.39, 0.29) is 45.3 Å². The highest BCUT2D eigenvalue weighted by Crippen LogP contribution is 2.17. The Kier molecular flexibility index (Phi) is 23.7. The van der Waals surface area contributed by atoms with Gasteiger partial charge in [0.1, 0.15) is 26.5 Å². The molecular formula is C24H48O7. The van der Waals surface area contributed by atoms with Crippen molar-refractivity contribution >= 4 is 0 Å². The number of hydrogen-bond donors (Lipinski definition) is 1. The Bertz CT molecular complexity index is 379. The molecule has 0 aliphatic carbocycles. The highest BCUT2D eigenvalue weighted by Gasteiger charge is 2.21. The van der Waals surface area contributed by atoms with Crippen molar-refractivity contribution in [1.82, 2.24) is 0 Å². The van der Waals surface area contributed by atoms with E-state index in [2.05, 4.69) is 13.0 Å². The van der Waals surface area contributed by atoms with Gasteiger partial charge in [-0.15, -0.1) is 0 Å². The Balaban J connectivity index is 4.84. The summed E-state index contributed by atoms with van der Waals surface area (Å²) in [5.41, 5.74) is 0. The molecule has 3 atom stereocenters. The summed E-state index contributed by atoms with van der Waals surface area (Å²) in [4.78, 5) is 0. The van der Waals surface area contributed by atoms with Gasteiger partial charge < -0.3 is 33.5 Å². The van der Waals surface area contributed by atoms with Crippen LogP contribution in [0.3, 0.4) is 0 Å². The lowest BCUT2D eigenvalue weighted by Crippen LogP contribution is -2.32. The van der Waals surface area contributed by atoms with Gasteiger partial charge >= 0.3 is 0 Å². The van der Waals surface area contributed by atoms with Crippen molar-refractivity contribution in [2.75, 3.05) is 48.3 Å². The quantitative estimate of drug-likeness (QED) is 0.129. The van der Waals surface area contributed by atoms with Gasteiger partial charge in [0.2, 0.25) is 0 Å². The summed E-state index contributed by atoms with van der Waals surface area (Å²) in [5.74, 6) is 0. The van der Waals surface area contributed by atoms with Gasteiger partial charge in [0, 0.05) is 27.9 Å². The Hall–Kier alpha value is -0.540. The Morgan fingerprint density at radius 3 is 1.87 bits per heavy atom. The number of aliphatic hydroxyl groups excluding tert-OH is 1. The van der Waals surface area contributed by atoms with Crippen molar-refractivity contribution in [3.8, 4) is 0 Å². The summed E-state index contributed by atoms with van der Waals surface area (Å²) in [6.45, 7) is 3.17. The van der Waals surface area contributed by atoms with Crippen LogP contribution in [0.1, 0.15) is 77.6 Å². The third-order valence-electron chi connectivity index (χ3n) is 5.05. The van der Waals surface area contributed by atoms with Crippen LogP contribution in [0.25, 0.3) is 0 Å². The van der Waals surface area contributed by atoms with E-state index in [0.717, 1.165) is 57.8 Å². The minimum Gasteiger partial charge on any atom is -0.396 e. The molecule has 0 spiro atoms. The molecule has 0 aliphatic rings. The Morgan fingerprint density at radius 2 is 1.23 bits per heavy atom. The number of ether oxygens (including phenoxy) is 6. The van der Waals surface area contributed by atoms with Gasteiger partial charge in [-0.2, -0.15) is 0 Å². The highest BCUT2D eigenvalue weighted by molar-refractivity contribution is 4.98. The highest BCUT2D eigenvalue weighted by atomic mass is 16.7. The van der Waals surface area contributed by atoms with E-state index in [1.54, 1.807) is 21.3 Å². The monoisotopic (exact) mass is 448 g/mol. The average Bonchev–Trinajstić information content (AvgIpc) is 2.78. The second-order valence-corrected chi connectivity index (χ2v) is 7.78. The van der Waals surface area contributed by atoms with Gasteiger partial charge in [0.25, 0.3) is 0 Å². The minimum absolute atomic E-state index is 0.0373. The molecular weight excluding hydrogens is 400 g/mol. The van der Waals surface area contributed by atoms with Crippen molar-refractivity contribution in [1.29, 1.82) is 0 Å². The molecule has 0 bridgehead atoms. The van der Waals surface area contributed by atoms with Gasteiger partial charge in [0.05, 0.1) is 12.2 Å². The van der Waals surface area contributed by atoms with Crippen molar-refractivity contribution in [3.05, 3.63) is 12.2 Å². The van der Waals surface area contributed by atoms with Crippen LogP contribution in [0, 0.1) is 0 Å². The van der Waals surface area contributed by atoms with Crippen molar-refractivity contribution in [2.45, 2.75) is 95.9 Å². The van der Waals surface area contributed by atoms with Crippen LogP contribution in [0.15, 0.2) is 12.2 Å². The van der Waals surface area contributed by atoms with Gasteiger partial charge in [-0.25, -0.2) is 0 Å². The third kappa shape index (κ3) is 18.7. The van der Waals surface area contributed by atoms with Crippen molar-refractivity contribution in [2.24, 2.45) is 0 Å². The first-order chi connectivity index (χ1) is 15.2. The minimum atomic E-state index is -0.237.